The number of hydrogen-bond acceptors (Lipinski definition) is 5. The van der Waals surface area contributed by atoms with Crippen molar-refractivity contribution >= 4 is 46.7 Å². The molecule has 5 N–H and O–H groups in total. The molecule has 1 aromatic rings. The summed E-state index contributed by atoms with van der Waals surface area (Å²) < 4.78 is 25.6. The molecule has 0 fully saturated rings. The molecule has 0 amide bonds. The third-order valence-electron chi connectivity index (χ3n) is 2.28. The van der Waals surface area contributed by atoms with Crippen molar-refractivity contribution in [1.82, 2.24) is 9.71 Å². The topological polar surface area (TPSA) is 111 Å². The van der Waals surface area contributed by atoms with Gasteiger partial charge in [-0.15, -0.1) is 24.8 Å². The number of aromatic nitrogens is 1. The SMILES string of the molecule is CNS(=O)(=O)c1cc(/C=C/C[C@H](C)N)cnc1N.Cl.Cl. The molecule has 1 atom stereocenters. The summed E-state index contributed by atoms with van der Waals surface area (Å²) in [6.07, 6.45) is 5.86. The van der Waals surface area contributed by atoms with Crippen molar-refractivity contribution in [1.29, 1.82) is 0 Å². The van der Waals surface area contributed by atoms with Crippen molar-refractivity contribution in [2.45, 2.75) is 24.3 Å². The van der Waals surface area contributed by atoms with E-state index in [2.05, 4.69) is 9.71 Å². The lowest BCUT2D eigenvalue weighted by Crippen LogP contribution is -2.20. The van der Waals surface area contributed by atoms with Gasteiger partial charge in [0.05, 0.1) is 0 Å². The molecule has 0 aliphatic heterocycles. The van der Waals surface area contributed by atoms with Crippen LogP contribution in [0.1, 0.15) is 18.9 Å². The van der Waals surface area contributed by atoms with Crippen LogP contribution in [0.3, 0.4) is 0 Å². The van der Waals surface area contributed by atoms with E-state index in [0.29, 0.717) is 12.0 Å². The zero-order valence-electron chi connectivity index (χ0n) is 11.2. The van der Waals surface area contributed by atoms with E-state index in [0.717, 1.165) is 0 Å². The zero-order valence-corrected chi connectivity index (χ0v) is 13.7. The number of anilines is 1. The third-order valence-corrected chi connectivity index (χ3v) is 3.72. The lowest BCUT2D eigenvalue weighted by Gasteiger charge is -2.06. The smallest absolute Gasteiger partial charge is 0.243 e. The average Bonchev–Trinajstić information content (AvgIpc) is 2.30. The molecule has 0 saturated heterocycles. The average molecular weight is 343 g/mol. The summed E-state index contributed by atoms with van der Waals surface area (Å²) in [6, 6.07) is 1.54. The number of sulfonamides is 1. The Balaban J connectivity index is 0. The Morgan fingerprint density at radius 3 is 2.55 bits per heavy atom. The molecule has 0 saturated carbocycles. The number of rotatable bonds is 5. The molecular formula is C11H20Cl2N4O2S. The minimum atomic E-state index is -3.59. The van der Waals surface area contributed by atoms with E-state index < -0.39 is 10.0 Å². The van der Waals surface area contributed by atoms with E-state index in [1.165, 1.54) is 19.3 Å². The first-order valence-electron chi connectivity index (χ1n) is 5.48. The second-order valence-corrected chi connectivity index (χ2v) is 5.83. The quantitative estimate of drug-likeness (QED) is 0.743. The van der Waals surface area contributed by atoms with E-state index >= 15 is 0 Å². The largest absolute Gasteiger partial charge is 0.383 e. The minimum absolute atomic E-state index is 0. The summed E-state index contributed by atoms with van der Waals surface area (Å²) in [5.74, 6) is -0.0197. The fourth-order valence-corrected chi connectivity index (χ4v) is 2.14. The van der Waals surface area contributed by atoms with Gasteiger partial charge >= 0.3 is 0 Å². The highest BCUT2D eigenvalue weighted by atomic mass is 35.5. The maximum Gasteiger partial charge on any atom is 0.243 e. The van der Waals surface area contributed by atoms with Gasteiger partial charge in [0.15, 0.2) is 0 Å². The number of nitrogens with two attached hydrogens (primary N) is 2. The standard InChI is InChI=1S/C11H18N4O2S.2ClH/c1-8(12)4-3-5-9-6-10(11(13)15-7-9)18(16,17)14-2;;/h3,5-8,14H,4,12H2,1-2H3,(H2,13,15);2*1H/b5-3+;;/t8-;;/m0../s1. The number of nitrogens with one attached hydrogen (secondary N) is 1. The number of pyridine rings is 1. The van der Waals surface area contributed by atoms with Crippen molar-refractivity contribution in [2.24, 2.45) is 5.73 Å². The van der Waals surface area contributed by atoms with Gasteiger partial charge in [-0.1, -0.05) is 12.2 Å². The van der Waals surface area contributed by atoms with Gasteiger partial charge in [0.2, 0.25) is 10.0 Å². The van der Waals surface area contributed by atoms with Crippen LogP contribution < -0.4 is 16.2 Å². The number of halogens is 2. The number of hydrogen-bond donors (Lipinski definition) is 3. The van der Waals surface area contributed by atoms with E-state index in [-0.39, 0.29) is 41.6 Å². The molecule has 20 heavy (non-hydrogen) atoms. The second-order valence-electron chi connectivity index (χ2n) is 3.97. The van der Waals surface area contributed by atoms with Gasteiger partial charge in [0.25, 0.3) is 0 Å². The summed E-state index contributed by atoms with van der Waals surface area (Å²) in [5, 5.41) is 0. The molecule has 1 rings (SSSR count). The van der Waals surface area contributed by atoms with E-state index in [1.54, 1.807) is 6.08 Å². The molecule has 9 heteroatoms. The van der Waals surface area contributed by atoms with Gasteiger partial charge in [-0.05, 0) is 32.0 Å². The summed E-state index contributed by atoms with van der Waals surface area (Å²) in [5.41, 5.74) is 11.8. The minimum Gasteiger partial charge on any atom is -0.383 e. The van der Waals surface area contributed by atoms with Gasteiger partial charge in [0.1, 0.15) is 10.7 Å². The second kappa shape index (κ2) is 9.15. The highest BCUT2D eigenvalue weighted by molar-refractivity contribution is 7.89. The number of nitrogens with zero attached hydrogens (tertiary/aromatic N) is 1. The van der Waals surface area contributed by atoms with Gasteiger partial charge in [-0.25, -0.2) is 18.1 Å². The van der Waals surface area contributed by atoms with Crippen molar-refractivity contribution in [3.8, 4) is 0 Å². The fourth-order valence-electron chi connectivity index (χ4n) is 1.31. The number of nitrogen functional groups attached to an aromatic ring is 1. The molecule has 0 aliphatic carbocycles. The molecule has 0 aliphatic rings. The third kappa shape index (κ3) is 6.06. The van der Waals surface area contributed by atoms with Gasteiger partial charge in [-0.3, -0.25) is 0 Å². The molecule has 0 bridgehead atoms. The van der Waals surface area contributed by atoms with Gasteiger partial charge < -0.3 is 11.5 Å². The van der Waals surface area contributed by atoms with E-state index in [4.69, 9.17) is 11.5 Å². The molecule has 116 valence electrons. The lowest BCUT2D eigenvalue weighted by atomic mass is 10.2. The molecule has 6 nitrogen and oxygen atoms in total. The highest BCUT2D eigenvalue weighted by Gasteiger charge is 2.16. The Labute approximate surface area is 131 Å². The van der Waals surface area contributed by atoms with Gasteiger partial charge in [0, 0.05) is 12.2 Å². The molecule has 0 unspecified atom stereocenters. The van der Waals surface area contributed by atoms with Crippen molar-refractivity contribution < 1.29 is 8.42 Å². The predicted octanol–water partition coefficient (Wildman–Crippen LogP) is 1.17. The molecule has 1 aromatic heterocycles. The Morgan fingerprint density at radius 1 is 1.45 bits per heavy atom. The highest BCUT2D eigenvalue weighted by Crippen LogP contribution is 2.17. The van der Waals surface area contributed by atoms with Crippen LogP contribution in [0.2, 0.25) is 0 Å². The molecular weight excluding hydrogens is 323 g/mol. The fraction of sp³-hybridized carbons (Fsp3) is 0.364. The summed E-state index contributed by atoms with van der Waals surface area (Å²) in [6.45, 7) is 1.89. The van der Waals surface area contributed by atoms with Crippen LogP contribution in [0.5, 0.6) is 0 Å². The molecule has 0 aromatic carbocycles. The molecule has 0 spiro atoms. The molecule has 0 radical (unpaired) electrons. The first-order chi connectivity index (χ1) is 8.36. The normalized spacial score (nSPS) is 12.6. The summed E-state index contributed by atoms with van der Waals surface area (Å²) in [4.78, 5) is 3.85. The monoisotopic (exact) mass is 342 g/mol. The summed E-state index contributed by atoms with van der Waals surface area (Å²) >= 11 is 0. The predicted molar refractivity (Wildman–Crippen MR) is 86.7 cm³/mol. The Kier molecular flexibility index (Phi) is 9.80. The van der Waals surface area contributed by atoms with Crippen molar-refractivity contribution in [2.75, 3.05) is 12.8 Å². The van der Waals surface area contributed by atoms with E-state index in [1.807, 2.05) is 13.0 Å². The Hall–Kier alpha value is -0.860. The summed E-state index contributed by atoms with van der Waals surface area (Å²) in [7, 11) is -2.26. The van der Waals surface area contributed by atoms with E-state index in [9.17, 15) is 8.42 Å². The lowest BCUT2D eigenvalue weighted by molar-refractivity contribution is 0.588. The van der Waals surface area contributed by atoms with Crippen LogP contribution in [0.25, 0.3) is 6.08 Å². The van der Waals surface area contributed by atoms with Crippen LogP contribution in [0.4, 0.5) is 5.82 Å². The maximum absolute atomic E-state index is 11.7. The Morgan fingerprint density at radius 2 is 2.05 bits per heavy atom. The Bertz CT molecular complexity index is 547. The van der Waals surface area contributed by atoms with Crippen LogP contribution in [0.15, 0.2) is 23.2 Å². The van der Waals surface area contributed by atoms with Crippen LogP contribution >= 0.6 is 24.8 Å². The maximum atomic E-state index is 11.7. The van der Waals surface area contributed by atoms with Crippen LogP contribution in [-0.4, -0.2) is 26.5 Å². The first-order valence-corrected chi connectivity index (χ1v) is 6.96. The van der Waals surface area contributed by atoms with Crippen molar-refractivity contribution in [3.05, 3.63) is 23.9 Å². The first kappa shape index (κ1) is 21.4. The van der Waals surface area contributed by atoms with Gasteiger partial charge in [-0.2, -0.15) is 0 Å². The van der Waals surface area contributed by atoms with Crippen LogP contribution in [0, 0.1) is 0 Å². The van der Waals surface area contributed by atoms with Crippen molar-refractivity contribution in [3.63, 3.8) is 0 Å². The van der Waals surface area contributed by atoms with Crippen LogP contribution in [-0.2, 0) is 10.0 Å². The zero-order chi connectivity index (χ0) is 13.8. The molecule has 1 heterocycles.